The van der Waals surface area contributed by atoms with Gasteiger partial charge in [0.25, 0.3) is 0 Å². The molecule has 0 radical (unpaired) electrons. The van der Waals surface area contributed by atoms with Crippen LogP contribution in [0.1, 0.15) is 25.4 Å². The van der Waals surface area contributed by atoms with Gasteiger partial charge in [-0.2, -0.15) is 11.8 Å². The zero-order valence-electron chi connectivity index (χ0n) is 8.16. The van der Waals surface area contributed by atoms with E-state index in [0.29, 0.717) is 5.25 Å². The van der Waals surface area contributed by atoms with Crippen molar-refractivity contribution in [1.29, 1.82) is 0 Å². The topological polar surface area (TPSA) is 17.8 Å². The average molecular weight is 184 g/mol. The van der Waals surface area contributed by atoms with E-state index in [1.807, 2.05) is 18.7 Å². The summed E-state index contributed by atoms with van der Waals surface area (Å²) in [5, 5.41) is 0.682. The number of aryl methyl sites for hydroxylation is 2. The summed E-state index contributed by atoms with van der Waals surface area (Å²) in [4.78, 5) is 4.42. The van der Waals surface area contributed by atoms with E-state index in [1.165, 1.54) is 5.82 Å². The molecule has 3 heteroatoms. The number of nitrogens with zero attached hydrogens (tertiary/aromatic N) is 2. The van der Waals surface area contributed by atoms with Crippen LogP contribution in [0.25, 0.3) is 0 Å². The van der Waals surface area contributed by atoms with E-state index in [9.17, 15) is 0 Å². The third-order valence-electron chi connectivity index (χ3n) is 1.64. The highest BCUT2D eigenvalue weighted by atomic mass is 32.2. The van der Waals surface area contributed by atoms with Gasteiger partial charge in [0, 0.05) is 13.2 Å². The third-order valence-corrected chi connectivity index (χ3v) is 2.73. The smallest absolute Gasteiger partial charge is 0.118 e. The van der Waals surface area contributed by atoms with Crippen LogP contribution >= 0.6 is 11.8 Å². The fraction of sp³-hybridized carbons (Fsp3) is 0.667. The lowest BCUT2D eigenvalue weighted by Crippen LogP contribution is -1.97. The van der Waals surface area contributed by atoms with Crippen molar-refractivity contribution in [1.82, 2.24) is 9.55 Å². The molecular formula is C9H16N2S. The van der Waals surface area contributed by atoms with E-state index in [0.717, 1.165) is 11.4 Å². The van der Waals surface area contributed by atoms with E-state index in [2.05, 4.69) is 36.6 Å². The van der Waals surface area contributed by atoms with Crippen LogP contribution in [0.5, 0.6) is 0 Å². The van der Waals surface area contributed by atoms with Crippen LogP contribution in [0, 0.1) is 6.92 Å². The summed E-state index contributed by atoms with van der Waals surface area (Å²) >= 11 is 1.93. The molecule has 0 saturated carbocycles. The van der Waals surface area contributed by atoms with Crippen molar-refractivity contribution in [2.24, 2.45) is 7.05 Å². The monoisotopic (exact) mass is 184 g/mol. The van der Waals surface area contributed by atoms with E-state index in [4.69, 9.17) is 0 Å². The van der Waals surface area contributed by atoms with Gasteiger partial charge < -0.3 is 4.57 Å². The molecule has 1 heterocycles. The molecule has 0 amide bonds. The van der Waals surface area contributed by atoms with Crippen molar-refractivity contribution in [3.63, 3.8) is 0 Å². The number of aromatic nitrogens is 2. The first-order chi connectivity index (χ1) is 5.59. The Morgan fingerprint density at radius 3 is 2.67 bits per heavy atom. The molecule has 1 aromatic heterocycles. The predicted molar refractivity (Wildman–Crippen MR) is 54.4 cm³/mol. The lowest BCUT2D eigenvalue weighted by atomic mass is 10.6. The van der Waals surface area contributed by atoms with Gasteiger partial charge in [-0.15, -0.1) is 0 Å². The van der Waals surface area contributed by atoms with E-state index in [1.54, 1.807) is 0 Å². The van der Waals surface area contributed by atoms with E-state index >= 15 is 0 Å². The molecular weight excluding hydrogens is 168 g/mol. The molecule has 0 saturated heterocycles. The highest BCUT2D eigenvalue weighted by molar-refractivity contribution is 7.99. The van der Waals surface area contributed by atoms with Crippen LogP contribution in [0.3, 0.4) is 0 Å². The molecule has 2 nitrogen and oxygen atoms in total. The first-order valence-corrected chi connectivity index (χ1v) is 5.25. The van der Waals surface area contributed by atoms with Gasteiger partial charge in [0.05, 0.1) is 11.4 Å². The minimum Gasteiger partial charge on any atom is -0.337 e. The molecule has 0 aromatic carbocycles. The van der Waals surface area contributed by atoms with Gasteiger partial charge in [-0.25, -0.2) is 4.98 Å². The molecule has 0 aliphatic rings. The Balaban J connectivity index is 2.57. The van der Waals surface area contributed by atoms with Gasteiger partial charge in [-0.1, -0.05) is 13.8 Å². The van der Waals surface area contributed by atoms with Crippen LogP contribution in [-0.2, 0) is 12.8 Å². The molecule has 12 heavy (non-hydrogen) atoms. The first-order valence-electron chi connectivity index (χ1n) is 4.20. The average Bonchev–Trinajstić information content (AvgIpc) is 2.26. The number of imidazole rings is 1. The standard InChI is InChI=1S/C9H16N2S/c1-7(2)12-6-9-10-8(3)5-11(9)4/h5,7H,6H2,1-4H3. The third kappa shape index (κ3) is 2.55. The first kappa shape index (κ1) is 9.65. The lowest BCUT2D eigenvalue weighted by Gasteiger charge is -2.03. The summed E-state index contributed by atoms with van der Waals surface area (Å²) in [5.41, 5.74) is 1.11. The molecule has 1 rings (SSSR count). The maximum Gasteiger partial charge on any atom is 0.118 e. The van der Waals surface area contributed by atoms with Crippen molar-refractivity contribution in [2.45, 2.75) is 31.8 Å². The molecule has 0 atom stereocenters. The largest absolute Gasteiger partial charge is 0.337 e. The highest BCUT2D eigenvalue weighted by Crippen LogP contribution is 2.15. The Labute approximate surface area is 78.4 Å². The number of hydrogen-bond acceptors (Lipinski definition) is 2. The van der Waals surface area contributed by atoms with Crippen LogP contribution in [0.4, 0.5) is 0 Å². The van der Waals surface area contributed by atoms with E-state index < -0.39 is 0 Å². The van der Waals surface area contributed by atoms with Crippen molar-refractivity contribution in [2.75, 3.05) is 0 Å². The summed E-state index contributed by atoms with van der Waals surface area (Å²) in [7, 11) is 2.05. The Morgan fingerprint density at radius 2 is 2.25 bits per heavy atom. The SMILES string of the molecule is Cc1cn(C)c(CSC(C)C)n1. The fourth-order valence-corrected chi connectivity index (χ4v) is 1.79. The second-order valence-corrected chi connectivity index (χ2v) is 4.83. The minimum atomic E-state index is 0.682. The summed E-state index contributed by atoms with van der Waals surface area (Å²) in [6.07, 6.45) is 2.07. The molecule has 1 aromatic rings. The van der Waals surface area contributed by atoms with Gasteiger partial charge in [-0.05, 0) is 12.2 Å². The van der Waals surface area contributed by atoms with Crippen LogP contribution in [0.15, 0.2) is 6.20 Å². The minimum absolute atomic E-state index is 0.682. The molecule has 0 spiro atoms. The van der Waals surface area contributed by atoms with Gasteiger partial charge in [-0.3, -0.25) is 0 Å². The van der Waals surface area contributed by atoms with Crippen LogP contribution in [-0.4, -0.2) is 14.8 Å². The Bertz CT molecular complexity index is 253. The molecule has 0 N–H and O–H groups in total. The van der Waals surface area contributed by atoms with Crippen molar-refractivity contribution in [3.8, 4) is 0 Å². The molecule has 0 aliphatic heterocycles. The Morgan fingerprint density at radius 1 is 1.58 bits per heavy atom. The Kier molecular flexibility index (Phi) is 3.20. The quantitative estimate of drug-likeness (QED) is 0.717. The zero-order valence-corrected chi connectivity index (χ0v) is 8.98. The zero-order chi connectivity index (χ0) is 9.14. The molecule has 0 bridgehead atoms. The second kappa shape index (κ2) is 3.99. The van der Waals surface area contributed by atoms with Gasteiger partial charge >= 0.3 is 0 Å². The van der Waals surface area contributed by atoms with Gasteiger partial charge in [0.1, 0.15) is 5.82 Å². The maximum absolute atomic E-state index is 4.42. The Hall–Kier alpha value is -0.440. The molecule has 0 aliphatic carbocycles. The van der Waals surface area contributed by atoms with Crippen molar-refractivity contribution >= 4 is 11.8 Å². The van der Waals surface area contributed by atoms with E-state index in [-0.39, 0.29) is 0 Å². The van der Waals surface area contributed by atoms with Crippen LogP contribution < -0.4 is 0 Å². The fourth-order valence-electron chi connectivity index (χ4n) is 1.04. The van der Waals surface area contributed by atoms with Gasteiger partial charge in [0.2, 0.25) is 0 Å². The highest BCUT2D eigenvalue weighted by Gasteiger charge is 2.03. The summed E-state index contributed by atoms with van der Waals surface area (Å²) < 4.78 is 2.10. The molecule has 0 unspecified atom stereocenters. The lowest BCUT2D eigenvalue weighted by molar-refractivity contribution is 0.848. The number of hydrogen-bond donors (Lipinski definition) is 0. The molecule has 68 valence electrons. The number of thioether (sulfide) groups is 1. The summed E-state index contributed by atoms with van der Waals surface area (Å²) in [6, 6.07) is 0. The normalized spacial score (nSPS) is 11.1. The maximum atomic E-state index is 4.42. The van der Waals surface area contributed by atoms with Crippen LogP contribution in [0.2, 0.25) is 0 Å². The summed E-state index contributed by atoms with van der Waals surface area (Å²) in [6.45, 7) is 6.45. The number of rotatable bonds is 3. The second-order valence-electron chi connectivity index (χ2n) is 3.27. The molecule has 0 fully saturated rings. The predicted octanol–water partition coefficient (Wildman–Crippen LogP) is 2.37. The van der Waals surface area contributed by atoms with Crippen molar-refractivity contribution < 1.29 is 0 Å². The van der Waals surface area contributed by atoms with Crippen molar-refractivity contribution in [3.05, 3.63) is 17.7 Å². The van der Waals surface area contributed by atoms with Gasteiger partial charge in [0.15, 0.2) is 0 Å². The summed E-state index contributed by atoms with van der Waals surface area (Å²) in [5.74, 6) is 2.19.